The van der Waals surface area contributed by atoms with Crippen molar-refractivity contribution in [2.75, 3.05) is 5.75 Å². The standard InChI is InChI=1S/C7H14S/c1-4-6-8-7(3)5-2/h7H,2-6H2,1H3. The monoisotopic (exact) mass is 130 g/mol. The van der Waals surface area contributed by atoms with Gasteiger partial charge in [0.15, 0.2) is 0 Å². The molecule has 0 amide bonds. The van der Waals surface area contributed by atoms with Gasteiger partial charge in [0, 0.05) is 5.25 Å². The van der Waals surface area contributed by atoms with Gasteiger partial charge in [0.25, 0.3) is 0 Å². The maximum Gasteiger partial charge on any atom is 0.00474 e. The Bertz CT molecular complexity index is 43.7. The van der Waals surface area contributed by atoms with E-state index in [1.165, 1.54) is 12.2 Å². The fourth-order valence-electron chi connectivity index (χ4n) is 0.368. The van der Waals surface area contributed by atoms with E-state index < -0.39 is 0 Å². The maximum atomic E-state index is 3.89. The van der Waals surface area contributed by atoms with Crippen LogP contribution in [0.5, 0.6) is 0 Å². The van der Waals surface area contributed by atoms with E-state index in [-0.39, 0.29) is 0 Å². The van der Waals surface area contributed by atoms with Gasteiger partial charge in [-0.25, -0.2) is 0 Å². The second-order valence-electron chi connectivity index (χ2n) is 1.78. The van der Waals surface area contributed by atoms with Gasteiger partial charge in [-0.3, -0.25) is 0 Å². The van der Waals surface area contributed by atoms with Crippen LogP contribution in [-0.2, 0) is 0 Å². The lowest BCUT2D eigenvalue weighted by atomic mass is 10.4. The van der Waals surface area contributed by atoms with Gasteiger partial charge in [-0.15, -0.1) is 0 Å². The molecule has 0 saturated heterocycles. The fourth-order valence-corrected chi connectivity index (χ4v) is 1.10. The van der Waals surface area contributed by atoms with Crippen molar-refractivity contribution >= 4 is 11.8 Å². The molecule has 1 atom stereocenters. The van der Waals surface area contributed by atoms with E-state index >= 15 is 0 Å². The third-order valence-corrected chi connectivity index (χ3v) is 2.23. The summed E-state index contributed by atoms with van der Waals surface area (Å²) in [7, 11) is 0. The third kappa shape index (κ3) is 4.51. The second kappa shape index (κ2) is 5.49. The zero-order valence-corrected chi connectivity index (χ0v) is 6.34. The lowest BCUT2D eigenvalue weighted by Crippen LogP contribution is -1.93. The third-order valence-electron chi connectivity index (χ3n) is 0.880. The molecule has 0 aromatic rings. The summed E-state index contributed by atoms with van der Waals surface area (Å²) < 4.78 is 0. The Kier molecular flexibility index (Phi) is 5.73. The van der Waals surface area contributed by atoms with Crippen LogP contribution in [0.25, 0.3) is 0 Å². The average molecular weight is 130 g/mol. The molecule has 0 fully saturated rings. The Morgan fingerprint density at radius 3 is 2.62 bits per heavy atom. The molecule has 8 heavy (non-hydrogen) atoms. The number of hydrogen-bond donors (Lipinski definition) is 0. The predicted molar refractivity (Wildman–Crippen MR) is 41.9 cm³/mol. The van der Waals surface area contributed by atoms with Crippen molar-refractivity contribution in [2.24, 2.45) is 0 Å². The highest BCUT2D eigenvalue weighted by molar-refractivity contribution is 7.99. The minimum Gasteiger partial charge on any atom is -0.159 e. The molecular weight excluding hydrogens is 116 g/mol. The molecule has 0 aromatic heterocycles. The van der Waals surface area contributed by atoms with Crippen molar-refractivity contribution in [3.05, 3.63) is 13.8 Å². The Balaban J connectivity index is 2.86. The summed E-state index contributed by atoms with van der Waals surface area (Å²) in [6.45, 7) is 9.83. The van der Waals surface area contributed by atoms with Gasteiger partial charge in [-0.2, -0.15) is 11.8 Å². The Morgan fingerprint density at radius 2 is 2.25 bits per heavy atom. The molecule has 0 saturated carbocycles. The van der Waals surface area contributed by atoms with Gasteiger partial charge in [-0.1, -0.05) is 13.8 Å². The molecular formula is C7H14S. The minimum atomic E-state index is 0.509. The first kappa shape index (κ1) is 8.35. The molecule has 0 nitrogen and oxygen atoms in total. The van der Waals surface area contributed by atoms with Crippen molar-refractivity contribution in [1.82, 2.24) is 0 Å². The van der Waals surface area contributed by atoms with E-state index in [0.29, 0.717) is 5.25 Å². The van der Waals surface area contributed by atoms with Gasteiger partial charge in [0.05, 0.1) is 0 Å². The summed E-state index contributed by atoms with van der Waals surface area (Å²) in [6, 6.07) is 0. The molecule has 0 bridgehead atoms. The van der Waals surface area contributed by atoms with Crippen LogP contribution >= 0.6 is 11.8 Å². The average Bonchev–Trinajstić information content (AvgIpc) is 1.83. The quantitative estimate of drug-likeness (QED) is 0.563. The Hall–Kier alpha value is 0.350. The zero-order chi connectivity index (χ0) is 6.41. The molecule has 0 aliphatic heterocycles. The summed E-state index contributed by atoms with van der Waals surface area (Å²) in [4.78, 5) is 0. The van der Waals surface area contributed by atoms with Crippen LogP contribution in [0.15, 0.2) is 0 Å². The van der Waals surface area contributed by atoms with Crippen LogP contribution in [0.3, 0.4) is 0 Å². The highest BCUT2D eigenvalue weighted by atomic mass is 32.2. The number of hydrogen-bond acceptors (Lipinski definition) is 1. The first-order valence-corrected chi connectivity index (χ1v) is 4.10. The van der Waals surface area contributed by atoms with Crippen LogP contribution in [0.2, 0.25) is 0 Å². The highest BCUT2D eigenvalue weighted by Crippen LogP contribution is 2.12. The molecule has 0 spiro atoms. The minimum absolute atomic E-state index is 0.509. The second-order valence-corrected chi connectivity index (χ2v) is 3.19. The molecule has 1 unspecified atom stereocenters. The first-order valence-electron chi connectivity index (χ1n) is 3.05. The topological polar surface area (TPSA) is 0 Å². The normalized spacial score (nSPS) is 13.9. The van der Waals surface area contributed by atoms with Crippen molar-refractivity contribution in [2.45, 2.75) is 25.0 Å². The van der Waals surface area contributed by atoms with Crippen LogP contribution in [0, 0.1) is 13.8 Å². The molecule has 0 aromatic carbocycles. The number of thioether (sulfide) groups is 1. The van der Waals surface area contributed by atoms with Crippen molar-refractivity contribution in [3.8, 4) is 0 Å². The Labute approximate surface area is 57.1 Å². The van der Waals surface area contributed by atoms with E-state index in [4.69, 9.17) is 0 Å². The van der Waals surface area contributed by atoms with Crippen LogP contribution < -0.4 is 0 Å². The molecule has 2 radical (unpaired) electrons. The lowest BCUT2D eigenvalue weighted by molar-refractivity contribution is 1.04. The van der Waals surface area contributed by atoms with E-state index in [0.717, 1.165) is 6.42 Å². The van der Waals surface area contributed by atoms with Crippen molar-refractivity contribution < 1.29 is 0 Å². The SMILES string of the molecule is [CH2]CC([CH2])SCCC. The maximum absolute atomic E-state index is 3.89. The van der Waals surface area contributed by atoms with Gasteiger partial charge in [-0.05, 0) is 25.5 Å². The van der Waals surface area contributed by atoms with Gasteiger partial charge in [0.2, 0.25) is 0 Å². The van der Waals surface area contributed by atoms with Gasteiger partial charge in [0.1, 0.15) is 0 Å². The lowest BCUT2D eigenvalue weighted by Gasteiger charge is -2.04. The molecule has 0 aliphatic rings. The van der Waals surface area contributed by atoms with E-state index in [1.54, 1.807) is 0 Å². The summed E-state index contributed by atoms with van der Waals surface area (Å²) in [6.07, 6.45) is 2.20. The molecule has 48 valence electrons. The first-order chi connectivity index (χ1) is 3.81. The highest BCUT2D eigenvalue weighted by Gasteiger charge is 1.95. The summed E-state index contributed by atoms with van der Waals surface area (Å²) in [5.74, 6) is 1.23. The van der Waals surface area contributed by atoms with Crippen molar-refractivity contribution in [1.29, 1.82) is 0 Å². The van der Waals surface area contributed by atoms with Gasteiger partial charge < -0.3 is 0 Å². The zero-order valence-electron chi connectivity index (χ0n) is 5.52. The summed E-state index contributed by atoms with van der Waals surface area (Å²) in [5.41, 5.74) is 0. The smallest absolute Gasteiger partial charge is 0.00474 e. The van der Waals surface area contributed by atoms with Gasteiger partial charge >= 0.3 is 0 Å². The van der Waals surface area contributed by atoms with Crippen LogP contribution in [0.4, 0.5) is 0 Å². The largest absolute Gasteiger partial charge is 0.159 e. The van der Waals surface area contributed by atoms with E-state index in [9.17, 15) is 0 Å². The predicted octanol–water partition coefficient (Wildman–Crippen LogP) is 2.56. The van der Waals surface area contributed by atoms with Crippen molar-refractivity contribution in [3.63, 3.8) is 0 Å². The van der Waals surface area contributed by atoms with E-state index in [1.807, 2.05) is 11.8 Å². The Morgan fingerprint density at radius 1 is 1.62 bits per heavy atom. The van der Waals surface area contributed by atoms with E-state index in [2.05, 4.69) is 20.8 Å². The molecule has 0 aliphatic carbocycles. The number of rotatable bonds is 4. The summed E-state index contributed by atoms with van der Waals surface area (Å²) >= 11 is 1.90. The van der Waals surface area contributed by atoms with Crippen LogP contribution in [0.1, 0.15) is 19.8 Å². The molecule has 0 heterocycles. The molecule has 1 heteroatoms. The molecule has 0 N–H and O–H groups in total. The fraction of sp³-hybridized carbons (Fsp3) is 0.714. The molecule has 0 rings (SSSR count). The summed E-state index contributed by atoms with van der Waals surface area (Å²) in [5, 5.41) is 0.509. The van der Waals surface area contributed by atoms with Crippen LogP contribution in [-0.4, -0.2) is 11.0 Å².